The van der Waals surface area contributed by atoms with Gasteiger partial charge in [-0.15, -0.1) is 11.3 Å². The van der Waals surface area contributed by atoms with Crippen molar-refractivity contribution >= 4 is 11.3 Å². The summed E-state index contributed by atoms with van der Waals surface area (Å²) < 4.78 is 5.32. The zero-order valence-electron chi connectivity index (χ0n) is 10.7. The molecule has 19 heavy (non-hydrogen) atoms. The molecule has 2 heterocycles. The Morgan fingerprint density at radius 2 is 2.00 bits per heavy atom. The molecular weight excluding hydrogens is 258 g/mol. The van der Waals surface area contributed by atoms with Crippen LogP contribution in [0.15, 0.2) is 36.5 Å². The smallest absolute Gasteiger partial charge is 0.108 e. The maximum atomic E-state index is 5.32. The number of nitrogens with zero attached hydrogens (tertiary/aromatic N) is 2. The molecule has 2 aromatic rings. The highest BCUT2D eigenvalue weighted by atomic mass is 32.1. The number of aromatic nitrogens is 1. The largest absolute Gasteiger partial charge is 0.379 e. The molecule has 1 aliphatic heterocycles. The van der Waals surface area contributed by atoms with Crippen molar-refractivity contribution in [3.05, 3.63) is 41.5 Å². The summed E-state index contributed by atoms with van der Waals surface area (Å²) in [5.74, 6) is 0. The molecule has 5 heteroatoms. The second-order valence-corrected chi connectivity index (χ2v) is 5.53. The summed E-state index contributed by atoms with van der Waals surface area (Å²) in [5.41, 5.74) is 4.64. The standard InChI is InChI=1S/C14H17N3OS/c1-2-4-12(5-3-1)13-10-15-14(19-13)11-16-17-6-8-18-9-7-17/h1-5,10,16H,6-9,11H2. The molecule has 0 aliphatic carbocycles. The molecule has 0 bridgehead atoms. The Labute approximate surface area is 117 Å². The van der Waals surface area contributed by atoms with Crippen LogP contribution in [0.5, 0.6) is 0 Å². The van der Waals surface area contributed by atoms with Gasteiger partial charge in [-0.25, -0.2) is 15.4 Å². The van der Waals surface area contributed by atoms with Gasteiger partial charge in [0.1, 0.15) is 5.01 Å². The van der Waals surface area contributed by atoms with Gasteiger partial charge in [0.2, 0.25) is 0 Å². The average molecular weight is 275 g/mol. The number of nitrogens with one attached hydrogen (secondary N) is 1. The van der Waals surface area contributed by atoms with Crippen LogP contribution < -0.4 is 5.43 Å². The number of thiazole rings is 1. The number of morpholine rings is 1. The Morgan fingerprint density at radius 1 is 1.21 bits per heavy atom. The molecule has 0 atom stereocenters. The molecule has 1 aromatic heterocycles. The average Bonchev–Trinajstić information content (AvgIpc) is 2.96. The van der Waals surface area contributed by atoms with Crippen LogP contribution in [-0.4, -0.2) is 36.3 Å². The van der Waals surface area contributed by atoms with E-state index >= 15 is 0 Å². The van der Waals surface area contributed by atoms with E-state index in [4.69, 9.17) is 4.74 Å². The lowest BCUT2D eigenvalue weighted by atomic mass is 10.2. The van der Waals surface area contributed by atoms with Crippen molar-refractivity contribution < 1.29 is 4.74 Å². The quantitative estimate of drug-likeness (QED) is 0.927. The van der Waals surface area contributed by atoms with Gasteiger partial charge in [0.05, 0.1) is 24.6 Å². The van der Waals surface area contributed by atoms with Crippen molar-refractivity contribution in [2.45, 2.75) is 6.54 Å². The molecule has 1 N–H and O–H groups in total. The number of rotatable bonds is 4. The molecule has 1 aliphatic rings. The monoisotopic (exact) mass is 275 g/mol. The molecule has 3 rings (SSSR count). The van der Waals surface area contributed by atoms with Crippen LogP contribution in [0.25, 0.3) is 10.4 Å². The molecule has 1 fully saturated rings. The highest BCUT2D eigenvalue weighted by Gasteiger charge is 2.10. The first kappa shape index (κ1) is 12.7. The van der Waals surface area contributed by atoms with E-state index in [2.05, 4.69) is 39.7 Å². The number of hydrogen-bond acceptors (Lipinski definition) is 5. The summed E-state index contributed by atoms with van der Waals surface area (Å²) in [6.45, 7) is 4.28. The maximum absolute atomic E-state index is 5.32. The lowest BCUT2D eigenvalue weighted by Gasteiger charge is -2.26. The van der Waals surface area contributed by atoms with E-state index in [0.717, 1.165) is 37.9 Å². The van der Waals surface area contributed by atoms with E-state index in [1.807, 2.05) is 12.3 Å². The van der Waals surface area contributed by atoms with Crippen LogP contribution in [0.1, 0.15) is 5.01 Å². The van der Waals surface area contributed by atoms with Gasteiger partial charge in [-0.3, -0.25) is 0 Å². The normalized spacial score (nSPS) is 16.6. The number of hydrazine groups is 1. The Bertz CT molecular complexity index is 508. The Balaban J connectivity index is 1.59. The molecule has 0 radical (unpaired) electrons. The fourth-order valence-electron chi connectivity index (χ4n) is 2.03. The molecule has 100 valence electrons. The van der Waals surface area contributed by atoms with E-state index in [1.165, 1.54) is 10.4 Å². The first-order valence-corrected chi connectivity index (χ1v) is 7.30. The second kappa shape index (κ2) is 6.25. The van der Waals surface area contributed by atoms with Crippen LogP contribution in [0.4, 0.5) is 0 Å². The summed E-state index contributed by atoms with van der Waals surface area (Å²) in [5, 5.41) is 3.32. The van der Waals surface area contributed by atoms with Crippen molar-refractivity contribution in [1.29, 1.82) is 0 Å². The van der Waals surface area contributed by atoms with Gasteiger partial charge < -0.3 is 4.74 Å². The van der Waals surface area contributed by atoms with Gasteiger partial charge >= 0.3 is 0 Å². The minimum absolute atomic E-state index is 0.789. The van der Waals surface area contributed by atoms with Gasteiger partial charge in [-0.1, -0.05) is 30.3 Å². The number of ether oxygens (including phenoxy) is 1. The third kappa shape index (κ3) is 3.39. The van der Waals surface area contributed by atoms with Gasteiger partial charge in [-0.05, 0) is 5.56 Å². The molecule has 0 unspecified atom stereocenters. The molecule has 4 nitrogen and oxygen atoms in total. The summed E-state index contributed by atoms with van der Waals surface area (Å²) in [6.07, 6.45) is 1.95. The molecule has 1 aromatic carbocycles. The van der Waals surface area contributed by atoms with Crippen molar-refractivity contribution in [3.8, 4) is 10.4 Å². The van der Waals surface area contributed by atoms with E-state index in [9.17, 15) is 0 Å². The van der Waals surface area contributed by atoms with Crippen molar-refractivity contribution in [2.75, 3.05) is 26.3 Å². The van der Waals surface area contributed by atoms with Crippen LogP contribution in [0.3, 0.4) is 0 Å². The SMILES string of the molecule is c1ccc(-c2cnc(CNN3CCOCC3)s2)cc1. The van der Waals surface area contributed by atoms with Crippen LogP contribution >= 0.6 is 11.3 Å². The Kier molecular flexibility index (Phi) is 4.20. The van der Waals surface area contributed by atoms with Gasteiger partial charge in [-0.2, -0.15) is 0 Å². The summed E-state index contributed by atoms with van der Waals surface area (Å²) in [4.78, 5) is 5.70. The fraction of sp³-hybridized carbons (Fsp3) is 0.357. The number of hydrogen-bond donors (Lipinski definition) is 1. The highest BCUT2D eigenvalue weighted by molar-refractivity contribution is 7.15. The van der Waals surface area contributed by atoms with Gasteiger partial charge in [0.25, 0.3) is 0 Å². The molecule has 0 spiro atoms. The molecule has 0 amide bonds. The lowest BCUT2D eigenvalue weighted by molar-refractivity contribution is 0.0105. The Morgan fingerprint density at radius 3 is 2.79 bits per heavy atom. The molecule has 1 saturated heterocycles. The van der Waals surface area contributed by atoms with Crippen molar-refractivity contribution in [2.24, 2.45) is 0 Å². The zero-order chi connectivity index (χ0) is 12.9. The predicted molar refractivity (Wildman–Crippen MR) is 76.8 cm³/mol. The second-order valence-electron chi connectivity index (χ2n) is 4.42. The predicted octanol–water partition coefficient (Wildman–Crippen LogP) is 2.15. The summed E-state index contributed by atoms with van der Waals surface area (Å²) in [7, 11) is 0. The third-order valence-corrected chi connectivity index (χ3v) is 4.12. The topological polar surface area (TPSA) is 37.4 Å². The van der Waals surface area contributed by atoms with E-state index < -0.39 is 0 Å². The Hall–Kier alpha value is -1.27. The minimum Gasteiger partial charge on any atom is -0.379 e. The fourth-order valence-corrected chi connectivity index (χ4v) is 2.88. The summed E-state index contributed by atoms with van der Waals surface area (Å²) in [6, 6.07) is 10.4. The summed E-state index contributed by atoms with van der Waals surface area (Å²) >= 11 is 1.74. The first-order valence-electron chi connectivity index (χ1n) is 6.48. The van der Waals surface area contributed by atoms with Crippen LogP contribution in [0, 0.1) is 0 Å². The number of benzene rings is 1. The van der Waals surface area contributed by atoms with Crippen molar-refractivity contribution in [1.82, 2.24) is 15.4 Å². The van der Waals surface area contributed by atoms with E-state index in [-0.39, 0.29) is 0 Å². The van der Waals surface area contributed by atoms with E-state index in [0.29, 0.717) is 0 Å². The van der Waals surface area contributed by atoms with Crippen LogP contribution in [0.2, 0.25) is 0 Å². The molecular formula is C14H17N3OS. The van der Waals surface area contributed by atoms with Gasteiger partial charge in [0, 0.05) is 19.3 Å². The lowest BCUT2D eigenvalue weighted by Crippen LogP contribution is -2.45. The highest BCUT2D eigenvalue weighted by Crippen LogP contribution is 2.25. The first-order chi connectivity index (χ1) is 9.42. The van der Waals surface area contributed by atoms with Crippen molar-refractivity contribution in [3.63, 3.8) is 0 Å². The van der Waals surface area contributed by atoms with Gasteiger partial charge in [0.15, 0.2) is 0 Å². The molecule has 0 saturated carbocycles. The van der Waals surface area contributed by atoms with Crippen LogP contribution in [-0.2, 0) is 11.3 Å². The van der Waals surface area contributed by atoms with E-state index in [1.54, 1.807) is 11.3 Å². The maximum Gasteiger partial charge on any atom is 0.108 e. The zero-order valence-corrected chi connectivity index (χ0v) is 11.5. The third-order valence-electron chi connectivity index (χ3n) is 3.08. The minimum atomic E-state index is 0.789.